The van der Waals surface area contributed by atoms with Crippen molar-refractivity contribution in [1.29, 1.82) is 0 Å². The summed E-state index contributed by atoms with van der Waals surface area (Å²) in [4.78, 5) is 12.8. The van der Waals surface area contributed by atoms with Gasteiger partial charge in [0.1, 0.15) is 58.9 Å². The first kappa shape index (κ1) is 21.1. The molecule has 1 saturated heterocycles. The summed E-state index contributed by atoms with van der Waals surface area (Å²) in [5, 5.41) is 58.4. The number of benzene rings is 2. The van der Waals surface area contributed by atoms with Crippen LogP contribution < -0.4 is 10.2 Å². The van der Waals surface area contributed by atoms with Crippen LogP contribution in [-0.4, -0.2) is 68.0 Å². The van der Waals surface area contributed by atoms with E-state index >= 15 is 0 Å². The molecule has 4 rings (SSSR count). The molecule has 0 radical (unpaired) electrons. The quantitative estimate of drug-likeness (QED) is 0.331. The maximum Gasteiger partial charge on any atom is 0.229 e. The third-order valence-corrected chi connectivity index (χ3v) is 5.11. The highest BCUT2D eigenvalue weighted by Gasteiger charge is 2.44. The van der Waals surface area contributed by atoms with Crippen LogP contribution in [0, 0.1) is 0 Å². The molecule has 31 heavy (non-hydrogen) atoms. The second kappa shape index (κ2) is 8.17. The summed E-state index contributed by atoms with van der Waals surface area (Å²) >= 11 is 0. The fraction of sp³-hybridized carbons (Fsp3) is 0.286. The van der Waals surface area contributed by atoms with Crippen molar-refractivity contribution < 1.29 is 44.5 Å². The number of phenolic OH excluding ortho intramolecular Hbond substituents is 2. The molecule has 0 bridgehead atoms. The molecule has 1 fully saturated rings. The van der Waals surface area contributed by atoms with Crippen LogP contribution in [0.5, 0.6) is 17.2 Å². The monoisotopic (exact) mass is 432 g/mol. The lowest BCUT2D eigenvalue weighted by Crippen LogP contribution is -2.60. The zero-order valence-corrected chi connectivity index (χ0v) is 16.0. The third-order valence-electron chi connectivity index (χ3n) is 5.11. The van der Waals surface area contributed by atoms with Crippen LogP contribution in [0.15, 0.2) is 51.9 Å². The van der Waals surface area contributed by atoms with E-state index in [1.165, 1.54) is 36.6 Å². The molecule has 0 unspecified atom stereocenters. The highest BCUT2D eigenvalue weighted by Crippen LogP contribution is 2.30. The molecule has 5 atom stereocenters. The Balaban J connectivity index is 1.59. The molecule has 10 nitrogen and oxygen atoms in total. The number of fused-ring (bicyclic) bond motifs is 1. The van der Waals surface area contributed by atoms with E-state index in [-0.39, 0.29) is 28.0 Å². The number of ether oxygens (including phenoxy) is 2. The van der Waals surface area contributed by atoms with Gasteiger partial charge in [0.25, 0.3) is 0 Å². The van der Waals surface area contributed by atoms with E-state index in [4.69, 9.17) is 13.9 Å². The van der Waals surface area contributed by atoms with Gasteiger partial charge in [-0.3, -0.25) is 4.79 Å². The summed E-state index contributed by atoms with van der Waals surface area (Å²) in [5.41, 5.74) is 0.146. The van der Waals surface area contributed by atoms with Crippen LogP contribution in [0.3, 0.4) is 0 Å². The van der Waals surface area contributed by atoms with Crippen LogP contribution >= 0.6 is 0 Å². The number of aromatic hydroxyl groups is 2. The van der Waals surface area contributed by atoms with Gasteiger partial charge in [0.2, 0.25) is 11.7 Å². The molecule has 10 heteroatoms. The van der Waals surface area contributed by atoms with Crippen LogP contribution in [0.4, 0.5) is 0 Å². The van der Waals surface area contributed by atoms with Gasteiger partial charge in [-0.25, -0.2) is 0 Å². The predicted octanol–water partition coefficient (Wildman–Crippen LogP) is 0.0499. The molecule has 1 aliphatic heterocycles. The normalized spacial score (nSPS) is 26.1. The zero-order chi connectivity index (χ0) is 22.3. The van der Waals surface area contributed by atoms with Crippen molar-refractivity contribution in [3.05, 3.63) is 52.9 Å². The Morgan fingerprint density at radius 2 is 1.68 bits per heavy atom. The van der Waals surface area contributed by atoms with Crippen molar-refractivity contribution in [3.63, 3.8) is 0 Å². The fourth-order valence-corrected chi connectivity index (χ4v) is 3.43. The minimum Gasteiger partial charge on any atom is -0.508 e. The third kappa shape index (κ3) is 3.82. The Kier molecular flexibility index (Phi) is 5.56. The maximum atomic E-state index is 12.8. The molecular formula is C21H20O10. The molecule has 164 valence electrons. The number of hydrogen-bond donors (Lipinski definition) is 6. The van der Waals surface area contributed by atoms with E-state index < -0.39 is 48.5 Å². The smallest absolute Gasteiger partial charge is 0.229 e. The highest BCUT2D eigenvalue weighted by molar-refractivity contribution is 5.88. The molecule has 6 N–H and O–H groups in total. The number of rotatable bonds is 4. The molecule has 0 amide bonds. The zero-order valence-electron chi connectivity index (χ0n) is 16.0. The van der Waals surface area contributed by atoms with Crippen LogP contribution in [0.1, 0.15) is 0 Å². The van der Waals surface area contributed by atoms with Crippen LogP contribution in [-0.2, 0) is 4.74 Å². The van der Waals surface area contributed by atoms with Crippen LogP contribution in [0.25, 0.3) is 22.1 Å². The highest BCUT2D eigenvalue weighted by atomic mass is 16.7. The SMILES string of the molecule is O=c1c(-c2ccc(O[C@@H]3O[C@H](CO)[C@H](O)[C@@H](O)[C@H]3O)cc2)coc2cc(O)cc(O)c12. The van der Waals surface area contributed by atoms with Gasteiger partial charge in [0, 0.05) is 12.1 Å². The summed E-state index contributed by atoms with van der Waals surface area (Å²) in [5.74, 6) is -0.421. The Morgan fingerprint density at radius 3 is 2.35 bits per heavy atom. The van der Waals surface area contributed by atoms with E-state index in [9.17, 15) is 35.4 Å². The lowest BCUT2D eigenvalue weighted by atomic mass is 9.99. The Hall–Kier alpha value is -3.15. The van der Waals surface area contributed by atoms with E-state index in [2.05, 4.69) is 0 Å². The summed E-state index contributed by atoms with van der Waals surface area (Å²) in [6.45, 7) is -0.577. The van der Waals surface area contributed by atoms with Gasteiger partial charge in [-0.1, -0.05) is 12.1 Å². The molecule has 2 aromatic carbocycles. The lowest BCUT2D eigenvalue weighted by molar-refractivity contribution is -0.277. The summed E-state index contributed by atoms with van der Waals surface area (Å²) in [7, 11) is 0. The number of aliphatic hydroxyl groups is 4. The van der Waals surface area contributed by atoms with Crippen molar-refractivity contribution in [1.82, 2.24) is 0 Å². The van der Waals surface area contributed by atoms with Crippen molar-refractivity contribution in [2.24, 2.45) is 0 Å². The van der Waals surface area contributed by atoms with Gasteiger partial charge in [-0.05, 0) is 17.7 Å². The summed E-state index contributed by atoms with van der Waals surface area (Å²) in [6, 6.07) is 8.30. The molecule has 2 heterocycles. The minimum atomic E-state index is -1.57. The predicted molar refractivity (Wildman–Crippen MR) is 106 cm³/mol. The topological polar surface area (TPSA) is 170 Å². The van der Waals surface area contributed by atoms with Gasteiger partial charge in [0.05, 0.1) is 12.2 Å². The second-order valence-electron chi connectivity index (χ2n) is 7.16. The first-order valence-electron chi connectivity index (χ1n) is 9.35. The van der Waals surface area contributed by atoms with Gasteiger partial charge < -0.3 is 44.5 Å². The van der Waals surface area contributed by atoms with E-state index in [1.807, 2.05) is 0 Å². The van der Waals surface area contributed by atoms with Crippen molar-refractivity contribution in [3.8, 4) is 28.4 Å². The lowest BCUT2D eigenvalue weighted by Gasteiger charge is -2.39. The second-order valence-corrected chi connectivity index (χ2v) is 7.16. The van der Waals surface area contributed by atoms with Gasteiger partial charge in [-0.15, -0.1) is 0 Å². The van der Waals surface area contributed by atoms with Gasteiger partial charge >= 0.3 is 0 Å². The molecule has 1 aliphatic rings. The summed E-state index contributed by atoms with van der Waals surface area (Å²) in [6.07, 6.45) is -5.84. The minimum absolute atomic E-state index is 0.0359. The van der Waals surface area contributed by atoms with Crippen molar-refractivity contribution in [2.75, 3.05) is 6.61 Å². The van der Waals surface area contributed by atoms with Gasteiger partial charge in [-0.2, -0.15) is 0 Å². The first-order valence-corrected chi connectivity index (χ1v) is 9.35. The molecule has 0 spiro atoms. The molecular weight excluding hydrogens is 412 g/mol. The van der Waals surface area contributed by atoms with Crippen molar-refractivity contribution in [2.45, 2.75) is 30.7 Å². The van der Waals surface area contributed by atoms with Crippen molar-refractivity contribution >= 4 is 11.0 Å². The molecule has 1 aromatic heterocycles. The average Bonchev–Trinajstić information content (AvgIpc) is 2.74. The summed E-state index contributed by atoms with van der Waals surface area (Å²) < 4.78 is 16.2. The number of phenols is 2. The molecule has 0 aliphatic carbocycles. The maximum absolute atomic E-state index is 12.8. The van der Waals surface area contributed by atoms with E-state index in [0.717, 1.165) is 6.07 Å². The van der Waals surface area contributed by atoms with E-state index in [0.29, 0.717) is 5.56 Å². The molecule has 0 saturated carbocycles. The number of hydrogen-bond acceptors (Lipinski definition) is 10. The average molecular weight is 432 g/mol. The Labute approximate surface area is 174 Å². The molecule has 3 aromatic rings. The van der Waals surface area contributed by atoms with E-state index in [1.54, 1.807) is 0 Å². The largest absolute Gasteiger partial charge is 0.508 e. The number of aliphatic hydroxyl groups excluding tert-OH is 4. The Bertz CT molecular complexity index is 1140. The van der Waals surface area contributed by atoms with Gasteiger partial charge in [0.15, 0.2) is 0 Å². The standard InChI is InChI=1S/C21H20O10/c22-7-15-18(26)19(27)20(28)21(31-15)30-11-3-1-9(2-4-11)12-8-29-14-6-10(23)5-13(24)16(14)17(12)25/h1-6,8,15,18-24,26-28H,7H2/t15-,18+,19-,20-,21-/m1/s1. The fourth-order valence-electron chi connectivity index (χ4n) is 3.43. The Morgan fingerprint density at radius 1 is 0.968 bits per heavy atom. The first-order chi connectivity index (χ1) is 14.8. The van der Waals surface area contributed by atoms with Crippen LogP contribution in [0.2, 0.25) is 0 Å².